The summed E-state index contributed by atoms with van der Waals surface area (Å²) < 4.78 is 0. The van der Waals surface area contributed by atoms with E-state index >= 15 is 0 Å². The molecule has 2 aliphatic heterocycles. The molecular weight excluding hydrogens is 304 g/mol. The Morgan fingerprint density at radius 3 is 2.46 bits per heavy atom. The number of hydrogen-bond donors (Lipinski definition) is 1. The lowest BCUT2D eigenvalue weighted by atomic mass is 10.0. The van der Waals surface area contributed by atoms with Crippen LogP contribution in [0.4, 0.5) is 0 Å². The van der Waals surface area contributed by atoms with Crippen LogP contribution in [0.1, 0.15) is 42.9 Å². The van der Waals surface area contributed by atoms with Crippen molar-refractivity contribution in [2.75, 3.05) is 26.2 Å². The summed E-state index contributed by atoms with van der Waals surface area (Å²) in [4.78, 5) is 28.0. The molecule has 2 aliphatic rings. The van der Waals surface area contributed by atoms with Crippen LogP contribution in [0, 0.1) is 12.8 Å². The van der Waals surface area contributed by atoms with E-state index in [1.165, 1.54) is 24.8 Å². The summed E-state index contributed by atoms with van der Waals surface area (Å²) in [5.41, 5.74) is 2.29. The van der Waals surface area contributed by atoms with Gasteiger partial charge in [-0.05, 0) is 38.4 Å². The summed E-state index contributed by atoms with van der Waals surface area (Å²) in [6, 6.07) is 8.22. The van der Waals surface area contributed by atoms with Gasteiger partial charge in [-0.15, -0.1) is 0 Å². The minimum absolute atomic E-state index is 0.0371. The van der Waals surface area contributed by atoms with E-state index in [0.717, 1.165) is 25.2 Å². The lowest BCUT2D eigenvalue weighted by Gasteiger charge is -2.35. The third-order valence-electron chi connectivity index (χ3n) is 5.23. The fourth-order valence-corrected chi connectivity index (χ4v) is 3.76. The number of aryl methyl sites for hydroxylation is 1. The smallest absolute Gasteiger partial charge is 0.308 e. The highest BCUT2D eigenvalue weighted by molar-refractivity contribution is 5.86. The number of carbonyl (C=O) groups is 2. The Hall–Kier alpha value is -1.88. The van der Waals surface area contributed by atoms with Crippen molar-refractivity contribution in [1.29, 1.82) is 0 Å². The van der Waals surface area contributed by atoms with E-state index < -0.39 is 11.9 Å². The van der Waals surface area contributed by atoms with Crippen molar-refractivity contribution in [3.63, 3.8) is 0 Å². The van der Waals surface area contributed by atoms with Crippen molar-refractivity contribution in [1.82, 2.24) is 9.80 Å². The zero-order chi connectivity index (χ0) is 17.1. The summed E-state index contributed by atoms with van der Waals surface area (Å²) in [6.45, 7) is 5.28. The average molecular weight is 330 g/mol. The molecule has 1 N–H and O–H groups in total. The van der Waals surface area contributed by atoms with Crippen molar-refractivity contribution in [3.05, 3.63) is 35.4 Å². The van der Waals surface area contributed by atoms with E-state index in [0.29, 0.717) is 6.54 Å². The molecule has 24 heavy (non-hydrogen) atoms. The fraction of sp³-hybridized carbons (Fsp3) is 0.579. The van der Waals surface area contributed by atoms with Crippen molar-refractivity contribution in [2.45, 2.75) is 38.6 Å². The molecule has 3 rings (SSSR count). The number of aliphatic carboxylic acids is 1. The molecule has 0 aliphatic carbocycles. The minimum atomic E-state index is -0.869. The molecule has 2 heterocycles. The number of hydrogen-bond acceptors (Lipinski definition) is 3. The van der Waals surface area contributed by atoms with E-state index in [-0.39, 0.29) is 18.4 Å². The Kier molecular flexibility index (Phi) is 5.19. The van der Waals surface area contributed by atoms with Gasteiger partial charge in [0.05, 0.1) is 12.0 Å². The molecule has 5 heteroatoms. The zero-order valence-electron chi connectivity index (χ0n) is 14.3. The summed E-state index contributed by atoms with van der Waals surface area (Å²) >= 11 is 0. The highest BCUT2D eigenvalue weighted by Crippen LogP contribution is 2.30. The predicted octanol–water partition coefficient (Wildman–Crippen LogP) is 2.46. The number of carboxylic acid groups (broad SMARTS) is 1. The van der Waals surface area contributed by atoms with Gasteiger partial charge in [-0.2, -0.15) is 0 Å². The van der Waals surface area contributed by atoms with Gasteiger partial charge in [0.25, 0.3) is 0 Å². The van der Waals surface area contributed by atoms with Crippen molar-refractivity contribution in [2.24, 2.45) is 5.92 Å². The lowest BCUT2D eigenvalue weighted by Crippen LogP contribution is -2.41. The van der Waals surface area contributed by atoms with Gasteiger partial charge < -0.3 is 14.9 Å². The standard InChI is InChI=1S/C19H26N2O3/c1-14-5-7-15(8-6-14)17(13-20-9-3-2-4-10-20)21-12-16(19(23)24)11-18(21)22/h5-8,16-17H,2-4,9-13H2,1H3,(H,23,24). The van der Waals surface area contributed by atoms with E-state index in [1.807, 2.05) is 6.92 Å². The Bertz CT molecular complexity index is 593. The van der Waals surface area contributed by atoms with Gasteiger partial charge in [0.2, 0.25) is 5.91 Å². The first-order valence-corrected chi connectivity index (χ1v) is 8.86. The fourth-order valence-electron chi connectivity index (χ4n) is 3.76. The second kappa shape index (κ2) is 7.34. The molecule has 0 aromatic heterocycles. The Labute approximate surface area is 143 Å². The molecule has 0 spiro atoms. The van der Waals surface area contributed by atoms with Gasteiger partial charge in [0.1, 0.15) is 0 Å². The van der Waals surface area contributed by atoms with Gasteiger partial charge in [0, 0.05) is 19.5 Å². The van der Waals surface area contributed by atoms with Gasteiger partial charge in [0.15, 0.2) is 0 Å². The van der Waals surface area contributed by atoms with Gasteiger partial charge in [-0.1, -0.05) is 36.2 Å². The van der Waals surface area contributed by atoms with Crippen LogP contribution < -0.4 is 0 Å². The largest absolute Gasteiger partial charge is 0.481 e. The van der Waals surface area contributed by atoms with Crippen LogP contribution in [0.3, 0.4) is 0 Å². The topological polar surface area (TPSA) is 60.9 Å². The van der Waals surface area contributed by atoms with Gasteiger partial charge in [-0.3, -0.25) is 9.59 Å². The van der Waals surface area contributed by atoms with Crippen LogP contribution >= 0.6 is 0 Å². The van der Waals surface area contributed by atoms with E-state index in [1.54, 1.807) is 4.90 Å². The molecule has 1 aromatic carbocycles. The van der Waals surface area contributed by atoms with Crippen molar-refractivity contribution in [3.8, 4) is 0 Å². The Morgan fingerprint density at radius 2 is 1.88 bits per heavy atom. The normalized spacial score (nSPS) is 23.5. The molecule has 0 saturated carbocycles. The van der Waals surface area contributed by atoms with Crippen molar-refractivity contribution < 1.29 is 14.7 Å². The number of benzene rings is 1. The molecule has 2 unspecified atom stereocenters. The third-order valence-corrected chi connectivity index (χ3v) is 5.23. The van der Waals surface area contributed by atoms with Crippen LogP contribution in [0.2, 0.25) is 0 Å². The number of likely N-dealkylation sites (tertiary alicyclic amines) is 2. The molecule has 130 valence electrons. The Morgan fingerprint density at radius 1 is 1.21 bits per heavy atom. The highest BCUT2D eigenvalue weighted by Gasteiger charge is 2.39. The third kappa shape index (κ3) is 3.78. The molecule has 2 fully saturated rings. The average Bonchev–Trinajstić information content (AvgIpc) is 2.96. The highest BCUT2D eigenvalue weighted by atomic mass is 16.4. The molecule has 2 atom stereocenters. The van der Waals surface area contributed by atoms with Crippen LogP contribution in [-0.4, -0.2) is 53.0 Å². The number of amides is 1. The predicted molar refractivity (Wildman–Crippen MR) is 91.7 cm³/mol. The Balaban J connectivity index is 1.82. The molecular formula is C19H26N2O3. The quantitative estimate of drug-likeness (QED) is 0.901. The van der Waals surface area contributed by atoms with Crippen LogP contribution in [0.5, 0.6) is 0 Å². The first kappa shape index (κ1) is 17.0. The summed E-state index contributed by atoms with van der Waals surface area (Å²) in [5, 5.41) is 9.27. The first-order chi connectivity index (χ1) is 11.5. The second-order valence-corrected chi connectivity index (χ2v) is 7.07. The maximum absolute atomic E-state index is 12.5. The lowest BCUT2D eigenvalue weighted by molar-refractivity contribution is -0.141. The number of nitrogens with zero attached hydrogens (tertiary/aromatic N) is 2. The second-order valence-electron chi connectivity index (χ2n) is 7.07. The molecule has 0 bridgehead atoms. The maximum atomic E-state index is 12.5. The number of carbonyl (C=O) groups excluding carboxylic acids is 1. The van der Waals surface area contributed by atoms with Crippen molar-refractivity contribution >= 4 is 11.9 Å². The van der Waals surface area contributed by atoms with Gasteiger partial charge in [-0.25, -0.2) is 0 Å². The number of piperidine rings is 1. The van der Waals surface area contributed by atoms with E-state index in [4.69, 9.17) is 0 Å². The van der Waals surface area contributed by atoms with E-state index in [9.17, 15) is 14.7 Å². The monoisotopic (exact) mass is 330 g/mol. The van der Waals surface area contributed by atoms with Crippen LogP contribution in [0.15, 0.2) is 24.3 Å². The molecule has 2 saturated heterocycles. The summed E-state index contributed by atoms with van der Waals surface area (Å²) in [7, 11) is 0. The minimum Gasteiger partial charge on any atom is -0.481 e. The summed E-state index contributed by atoms with van der Waals surface area (Å²) in [5.74, 6) is -1.48. The maximum Gasteiger partial charge on any atom is 0.308 e. The molecule has 1 amide bonds. The number of carboxylic acids is 1. The van der Waals surface area contributed by atoms with Gasteiger partial charge >= 0.3 is 5.97 Å². The molecule has 1 aromatic rings. The molecule has 5 nitrogen and oxygen atoms in total. The van der Waals surface area contributed by atoms with Crippen LogP contribution in [-0.2, 0) is 9.59 Å². The SMILES string of the molecule is Cc1ccc(C(CN2CCCCC2)N2CC(C(=O)O)CC2=O)cc1. The van der Waals surface area contributed by atoms with E-state index in [2.05, 4.69) is 29.2 Å². The first-order valence-electron chi connectivity index (χ1n) is 8.86. The number of rotatable bonds is 5. The molecule has 0 radical (unpaired) electrons. The summed E-state index contributed by atoms with van der Waals surface area (Å²) in [6.07, 6.45) is 3.80. The van der Waals surface area contributed by atoms with Crippen LogP contribution in [0.25, 0.3) is 0 Å². The zero-order valence-corrected chi connectivity index (χ0v) is 14.3.